The molecule has 0 saturated heterocycles. The number of pyridine rings is 1. The maximum atomic E-state index is 12.0. The molecule has 2 aromatic heterocycles. The largest absolute Gasteiger partial charge is 0.319 e. The Morgan fingerprint density at radius 1 is 1.10 bits per heavy atom. The van der Waals surface area contributed by atoms with Gasteiger partial charge in [-0.3, -0.25) is 14.5 Å². The van der Waals surface area contributed by atoms with Gasteiger partial charge in [-0.25, -0.2) is 0 Å². The van der Waals surface area contributed by atoms with Gasteiger partial charge in [0.2, 0.25) is 0 Å². The number of hydrogen-bond acceptors (Lipinski definition) is 3. The van der Waals surface area contributed by atoms with Crippen LogP contribution in [0, 0.1) is 0 Å². The molecule has 0 unspecified atom stereocenters. The van der Waals surface area contributed by atoms with Gasteiger partial charge in [-0.2, -0.15) is 5.10 Å². The van der Waals surface area contributed by atoms with Gasteiger partial charge < -0.3 is 5.32 Å². The van der Waals surface area contributed by atoms with E-state index in [1.54, 1.807) is 35.4 Å². The molecule has 1 amide bonds. The van der Waals surface area contributed by atoms with Gasteiger partial charge in [-0.15, -0.1) is 0 Å². The van der Waals surface area contributed by atoms with E-state index < -0.39 is 0 Å². The summed E-state index contributed by atoms with van der Waals surface area (Å²) in [4.78, 5) is 15.9. The van der Waals surface area contributed by atoms with E-state index in [0.29, 0.717) is 17.8 Å². The second-order valence-electron chi connectivity index (χ2n) is 4.60. The molecule has 2 heterocycles. The number of benzene rings is 1. The van der Waals surface area contributed by atoms with Crippen molar-refractivity contribution in [2.45, 2.75) is 6.54 Å². The minimum atomic E-state index is -0.170. The van der Waals surface area contributed by atoms with Gasteiger partial charge in [0, 0.05) is 24.2 Å². The first kappa shape index (κ1) is 13.1. The Morgan fingerprint density at radius 3 is 2.62 bits per heavy atom. The van der Waals surface area contributed by atoms with E-state index >= 15 is 0 Å². The normalized spacial score (nSPS) is 10.3. The van der Waals surface area contributed by atoms with Crippen molar-refractivity contribution < 1.29 is 4.79 Å². The lowest BCUT2D eigenvalue weighted by Gasteiger charge is -2.02. The average Bonchev–Trinajstić information content (AvgIpc) is 2.96. The first-order chi connectivity index (χ1) is 10.3. The molecule has 0 saturated carbocycles. The van der Waals surface area contributed by atoms with Crippen LogP contribution in [0.1, 0.15) is 15.9 Å². The second kappa shape index (κ2) is 6.00. The zero-order valence-corrected chi connectivity index (χ0v) is 11.3. The fourth-order valence-corrected chi connectivity index (χ4v) is 1.99. The maximum Gasteiger partial charge on any atom is 0.255 e. The first-order valence-corrected chi connectivity index (χ1v) is 6.59. The van der Waals surface area contributed by atoms with E-state index in [2.05, 4.69) is 15.4 Å². The zero-order valence-electron chi connectivity index (χ0n) is 11.3. The summed E-state index contributed by atoms with van der Waals surface area (Å²) < 4.78 is 1.79. The van der Waals surface area contributed by atoms with Crippen molar-refractivity contribution in [2.24, 2.45) is 0 Å². The number of anilines is 1. The highest BCUT2D eigenvalue weighted by atomic mass is 16.1. The molecule has 0 bridgehead atoms. The number of aromatic nitrogens is 3. The van der Waals surface area contributed by atoms with Gasteiger partial charge in [0.25, 0.3) is 5.91 Å². The molecular formula is C16H14N4O. The molecule has 0 fully saturated rings. The predicted octanol–water partition coefficient (Wildman–Crippen LogP) is 2.58. The Morgan fingerprint density at radius 2 is 1.86 bits per heavy atom. The van der Waals surface area contributed by atoms with Gasteiger partial charge in [0.05, 0.1) is 18.4 Å². The Balaban J connectivity index is 1.67. The summed E-state index contributed by atoms with van der Waals surface area (Å²) in [6.45, 7) is 0.673. The van der Waals surface area contributed by atoms with Crippen molar-refractivity contribution in [1.29, 1.82) is 0 Å². The van der Waals surface area contributed by atoms with Gasteiger partial charge in [-0.1, -0.05) is 30.3 Å². The average molecular weight is 278 g/mol. The molecule has 0 aliphatic heterocycles. The highest BCUT2D eigenvalue weighted by molar-refractivity contribution is 6.03. The molecule has 5 nitrogen and oxygen atoms in total. The van der Waals surface area contributed by atoms with Crippen LogP contribution in [0.3, 0.4) is 0 Å². The summed E-state index contributed by atoms with van der Waals surface area (Å²) in [7, 11) is 0. The van der Waals surface area contributed by atoms with Crippen LogP contribution < -0.4 is 5.32 Å². The summed E-state index contributed by atoms with van der Waals surface area (Å²) in [5, 5.41) is 7.06. The quantitative estimate of drug-likeness (QED) is 0.798. The van der Waals surface area contributed by atoms with Crippen molar-refractivity contribution >= 4 is 11.6 Å². The predicted molar refractivity (Wildman–Crippen MR) is 80.0 cm³/mol. The molecule has 3 rings (SSSR count). The summed E-state index contributed by atoms with van der Waals surface area (Å²) >= 11 is 0. The van der Waals surface area contributed by atoms with E-state index in [0.717, 1.165) is 5.56 Å². The number of nitrogens with zero attached hydrogens (tertiary/aromatic N) is 3. The summed E-state index contributed by atoms with van der Waals surface area (Å²) in [6.07, 6.45) is 6.63. The Labute approximate surface area is 122 Å². The molecule has 0 aliphatic carbocycles. The van der Waals surface area contributed by atoms with E-state index in [4.69, 9.17) is 0 Å². The molecule has 5 heteroatoms. The van der Waals surface area contributed by atoms with Crippen LogP contribution in [0.2, 0.25) is 0 Å². The van der Waals surface area contributed by atoms with Crippen molar-refractivity contribution in [3.8, 4) is 0 Å². The minimum Gasteiger partial charge on any atom is -0.319 e. The summed E-state index contributed by atoms with van der Waals surface area (Å²) in [5.41, 5.74) is 2.40. The Kier molecular flexibility index (Phi) is 3.73. The van der Waals surface area contributed by atoms with Crippen LogP contribution in [0.25, 0.3) is 0 Å². The fourth-order valence-electron chi connectivity index (χ4n) is 1.99. The summed E-state index contributed by atoms with van der Waals surface area (Å²) in [6, 6.07) is 13.4. The van der Waals surface area contributed by atoms with Crippen molar-refractivity contribution in [1.82, 2.24) is 14.8 Å². The van der Waals surface area contributed by atoms with Crippen LogP contribution >= 0.6 is 0 Å². The molecule has 0 radical (unpaired) electrons. The molecule has 0 spiro atoms. The first-order valence-electron chi connectivity index (χ1n) is 6.59. The van der Waals surface area contributed by atoms with Crippen molar-refractivity contribution in [3.05, 3.63) is 78.4 Å². The molecule has 3 aromatic rings. The van der Waals surface area contributed by atoms with E-state index in [1.165, 1.54) is 0 Å². The van der Waals surface area contributed by atoms with Crippen LogP contribution in [-0.2, 0) is 6.54 Å². The molecule has 0 atom stereocenters. The van der Waals surface area contributed by atoms with E-state index in [-0.39, 0.29) is 5.91 Å². The number of nitrogens with one attached hydrogen (secondary N) is 1. The number of carbonyl (C=O) groups excluding carboxylic acids is 1. The Hall–Kier alpha value is -2.95. The smallest absolute Gasteiger partial charge is 0.255 e. The van der Waals surface area contributed by atoms with Gasteiger partial charge in [0.1, 0.15) is 0 Å². The minimum absolute atomic E-state index is 0.170. The van der Waals surface area contributed by atoms with E-state index in [1.807, 2.05) is 36.5 Å². The van der Waals surface area contributed by atoms with Crippen LogP contribution in [-0.4, -0.2) is 20.7 Å². The maximum absolute atomic E-state index is 12.0. The third-order valence-electron chi connectivity index (χ3n) is 3.02. The highest BCUT2D eigenvalue weighted by Gasteiger charge is 2.07. The zero-order chi connectivity index (χ0) is 14.5. The van der Waals surface area contributed by atoms with Crippen molar-refractivity contribution in [3.63, 3.8) is 0 Å². The fraction of sp³-hybridized carbons (Fsp3) is 0.0625. The number of amides is 1. The molecule has 1 N–H and O–H groups in total. The highest BCUT2D eigenvalue weighted by Crippen LogP contribution is 2.09. The third-order valence-corrected chi connectivity index (χ3v) is 3.02. The van der Waals surface area contributed by atoms with Crippen LogP contribution in [0.15, 0.2) is 67.3 Å². The van der Waals surface area contributed by atoms with Crippen LogP contribution in [0.5, 0.6) is 0 Å². The third kappa shape index (κ3) is 3.33. The molecular weight excluding hydrogens is 264 g/mol. The topological polar surface area (TPSA) is 59.8 Å². The molecule has 104 valence electrons. The van der Waals surface area contributed by atoms with Crippen molar-refractivity contribution in [2.75, 3.05) is 5.32 Å². The van der Waals surface area contributed by atoms with E-state index in [9.17, 15) is 4.79 Å². The van der Waals surface area contributed by atoms with Gasteiger partial charge in [0.15, 0.2) is 0 Å². The number of rotatable bonds is 4. The SMILES string of the molecule is O=C(Nc1cnn(Cc2ccccc2)c1)c1ccncc1. The monoisotopic (exact) mass is 278 g/mol. The number of hydrogen-bond donors (Lipinski definition) is 1. The van der Waals surface area contributed by atoms with Gasteiger partial charge >= 0.3 is 0 Å². The lowest BCUT2D eigenvalue weighted by atomic mass is 10.2. The van der Waals surface area contributed by atoms with Crippen LogP contribution in [0.4, 0.5) is 5.69 Å². The standard InChI is InChI=1S/C16H14N4O/c21-16(14-6-8-17-9-7-14)19-15-10-18-20(12-15)11-13-4-2-1-3-5-13/h1-10,12H,11H2,(H,19,21). The lowest BCUT2D eigenvalue weighted by molar-refractivity contribution is 0.102. The Bertz CT molecular complexity index is 722. The van der Waals surface area contributed by atoms with Gasteiger partial charge in [-0.05, 0) is 17.7 Å². The lowest BCUT2D eigenvalue weighted by Crippen LogP contribution is -2.11. The molecule has 21 heavy (non-hydrogen) atoms. The molecule has 1 aromatic carbocycles. The molecule has 0 aliphatic rings. The summed E-state index contributed by atoms with van der Waals surface area (Å²) in [5.74, 6) is -0.170. The second-order valence-corrected chi connectivity index (χ2v) is 4.60. The number of carbonyl (C=O) groups is 1.